The third-order valence-corrected chi connectivity index (χ3v) is 4.07. The number of nitrogens with two attached hydrogens (primary N) is 1. The minimum absolute atomic E-state index is 0.268. The molecule has 0 aliphatic heterocycles. The molecule has 0 aliphatic carbocycles. The average molecular weight is 369 g/mol. The molecule has 3 rings (SSSR count). The van der Waals surface area contributed by atoms with Gasteiger partial charge in [0.15, 0.2) is 0 Å². The molecular formula is C20H21ClN4O. The zero-order chi connectivity index (χ0) is 18.9. The Morgan fingerprint density at radius 2 is 1.85 bits per heavy atom. The molecule has 1 heterocycles. The fraction of sp³-hybridized carbons (Fsp3) is 0.200. The number of fused-ring (bicyclic) bond motifs is 1. The molecule has 5 nitrogen and oxygen atoms in total. The van der Waals surface area contributed by atoms with Crippen LogP contribution in [0.2, 0.25) is 5.02 Å². The van der Waals surface area contributed by atoms with Crippen LogP contribution in [-0.2, 0) is 0 Å². The summed E-state index contributed by atoms with van der Waals surface area (Å²) in [6.45, 7) is 5.77. The van der Waals surface area contributed by atoms with E-state index in [0.717, 1.165) is 16.5 Å². The molecule has 134 valence electrons. The molecule has 2 amide bonds. The van der Waals surface area contributed by atoms with Gasteiger partial charge in [-0.1, -0.05) is 29.8 Å². The molecule has 0 saturated heterocycles. The highest BCUT2D eigenvalue weighted by Crippen LogP contribution is 2.31. The summed E-state index contributed by atoms with van der Waals surface area (Å²) in [6, 6.07) is 14.5. The van der Waals surface area contributed by atoms with Crippen molar-refractivity contribution in [3.63, 3.8) is 0 Å². The van der Waals surface area contributed by atoms with Gasteiger partial charge in [0.05, 0.1) is 11.2 Å². The molecule has 0 aliphatic rings. The summed E-state index contributed by atoms with van der Waals surface area (Å²) in [5, 5.41) is 7.07. The van der Waals surface area contributed by atoms with E-state index in [2.05, 4.69) is 15.6 Å². The number of carbonyl (C=O) groups is 1. The summed E-state index contributed by atoms with van der Waals surface area (Å²) in [6.07, 6.45) is 0. The first kappa shape index (κ1) is 18.0. The molecule has 4 N–H and O–H groups in total. The van der Waals surface area contributed by atoms with Crippen LogP contribution in [0.4, 0.5) is 16.2 Å². The Kier molecular flexibility index (Phi) is 4.74. The smallest absolute Gasteiger partial charge is 0.319 e. The highest BCUT2D eigenvalue weighted by Gasteiger charge is 2.14. The number of hydrogen-bond acceptors (Lipinski definition) is 3. The Labute approximate surface area is 157 Å². The summed E-state index contributed by atoms with van der Waals surface area (Å²) in [5.74, 6) is 0. The predicted octanol–water partition coefficient (Wildman–Crippen LogP) is 5.06. The van der Waals surface area contributed by atoms with Crippen molar-refractivity contribution in [2.75, 3.05) is 11.1 Å². The zero-order valence-electron chi connectivity index (χ0n) is 14.9. The van der Waals surface area contributed by atoms with E-state index in [9.17, 15) is 4.79 Å². The number of nitrogens with zero attached hydrogens (tertiary/aromatic N) is 1. The van der Waals surface area contributed by atoms with Crippen LogP contribution in [0.1, 0.15) is 20.8 Å². The number of hydrogen-bond donors (Lipinski definition) is 3. The van der Waals surface area contributed by atoms with E-state index in [1.807, 2.05) is 57.2 Å². The fourth-order valence-electron chi connectivity index (χ4n) is 2.64. The van der Waals surface area contributed by atoms with Gasteiger partial charge in [-0.15, -0.1) is 0 Å². The van der Waals surface area contributed by atoms with Gasteiger partial charge in [0, 0.05) is 32.9 Å². The van der Waals surface area contributed by atoms with E-state index in [-0.39, 0.29) is 11.6 Å². The first-order chi connectivity index (χ1) is 12.2. The molecule has 1 aromatic heterocycles. The van der Waals surface area contributed by atoms with Crippen molar-refractivity contribution in [1.82, 2.24) is 10.3 Å². The van der Waals surface area contributed by atoms with E-state index in [0.29, 0.717) is 22.1 Å². The lowest BCUT2D eigenvalue weighted by atomic mass is 10.1. The van der Waals surface area contributed by atoms with Crippen molar-refractivity contribution in [3.8, 4) is 11.3 Å². The van der Waals surface area contributed by atoms with E-state index in [1.165, 1.54) is 0 Å². The van der Waals surface area contributed by atoms with E-state index in [4.69, 9.17) is 17.3 Å². The second-order valence-corrected chi connectivity index (χ2v) is 7.54. The Morgan fingerprint density at radius 3 is 2.54 bits per heavy atom. The Bertz CT molecular complexity index is 979. The fourth-order valence-corrected chi connectivity index (χ4v) is 2.87. The summed E-state index contributed by atoms with van der Waals surface area (Å²) < 4.78 is 0. The van der Waals surface area contributed by atoms with Gasteiger partial charge in [0.25, 0.3) is 0 Å². The van der Waals surface area contributed by atoms with Crippen LogP contribution < -0.4 is 16.4 Å². The SMILES string of the molecule is CC(C)(C)NC(=O)Nc1ccc2nc(-c3ccccc3Cl)cc(N)c2c1. The molecule has 0 bridgehead atoms. The van der Waals surface area contributed by atoms with Crippen molar-refractivity contribution in [2.45, 2.75) is 26.3 Å². The summed E-state index contributed by atoms with van der Waals surface area (Å²) in [7, 11) is 0. The second-order valence-electron chi connectivity index (χ2n) is 7.14. The number of nitrogen functional groups attached to an aromatic ring is 1. The molecule has 0 unspecified atom stereocenters. The number of aromatic nitrogens is 1. The van der Waals surface area contributed by atoms with Crippen LogP contribution in [0.15, 0.2) is 48.5 Å². The molecule has 0 atom stereocenters. The molecule has 6 heteroatoms. The monoisotopic (exact) mass is 368 g/mol. The number of pyridine rings is 1. The van der Waals surface area contributed by atoms with E-state index < -0.39 is 0 Å². The number of benzene rings is 2. The zero-order valence-corrected chi connectivity index (χ0v) is 15.7. The van der Waals surface area contributed by atoms with Crippen molar-refractivity contribution in [3.05, 3.63) is 53.6 Å². The molecule has 0 saturated carbocycles. The topological polar surface area (TPSA) is 80.0 Å². The molecule has 26 heavy (non-hydrogen) atoms. The largest absolute Gasteiger partial charge is 0.398 e. The number of amides is 2. The van der Waals surface area contributed by atoms with Crippen molar-refractivity contribution >= 4 is 39.9 Å². The van der Waals surface area contributed by atoms with Gasteiger partial charge in [-0.3, -0.25) is 0 Å². The van der Waals surface area contributed by atoms with Crippen molar-refractivity contribution < 1.29 is 4.79 Å². The maximum Gasteiger partial charge on any atom is 0.319 e. The van der Waals surface area contributed by atoms with Gasteiger partial charge in [0.1, 0.15) is 0 Å². The first-order valence-corrected chi connectivity index (χ1v) is 8.65. The standard InChI is InChI=1S/C20H21ClN4O/c1-20(2,3)25-19(26)23-12-8-9-17-14(10-12)16(22)11-18(24-17)13-6-4-5-7-15(13)21/h4-11H,1-3H3,(H2,22,24)(H2,23,25,26). The van der Waals surface area contributed by atoms with E-state index in [1.54, 1.807) is 12.1 Å². The van der Waals surface area contributed by atoms with Crippen LogP contribution >= 0.6 is 11.6 Å². The van der Waals surface area contributed by atoms with Gasteiger partial charge in [-0.25, -0.2) is 9.78 Å². The number of anilines is 2. The predicted molar refractivity (Wildman–Crippen MR) is 109 cm³/mol. The van der Waals surface area contributed by atoms with Crippen LogP contribution in [0.3, 0.4) is 0 Å². The summed E-state index contributed by atoms with van der Waals surface area (Å²) in [5.41, 5.74) is 9.43. The number of carbonyl (C=O) groups excluding carboxylic acids is 1. The second kappa shape index (κ2) is 6.84. The van der Waals surface area contributed by atoms with Gasteiger partial charge < -0.3 is 16.4 Å². The van der Waals surface area contributed by atoms with Crippen molar-refractivity contribution in [2.24, 2.45) is 0 Å². The third-order valence-electron chi connectivity index (χ3n) is 3.74. The number of nitrogens with one attached hydrogen (secondary N) is 2. The van der Waals surface area contributed by atoms with Crippen molar-refractivity contribution in [1.29, 1.82) is 0 Å². The normalized spacial score (nSPS) is 11.4. The number of halogens is 1. The van der Waals surface area contributed by atoms with Crippen LogP contribution in [0, 0.1) is 0 Å². The molecule has 0 radical (unpaired) electrons. The lowest BCUT2D eigenvalue weighted by Gasteiger charge is -2.20. The van der Waals surface area contributed by atoms with Gasteiger partial charge >= 0.3 is 6.03 Å². The van der Waals surface area contributed by atoms with E-state index >= 15 is 0 Å². The van der Waals surface area contributed by atoms with Crippen LogP contribution in [-0.4, -0.2) is 16.6 Å². The molecule has 0 fully saturated rings. The average Bonchev–Trinajstić information content (AvgIpc) is 2.54. The maximum atomic E-state index is 12.0. The molecule has 3 aromatic rings. The Morgan fingerprint density at radius 1 is 1.12 bits per heavy atom. The number of urea groups is 1. The minimum atomic E-state index is -0.314. The first-order valence-electron chi connectivity index (χ1n) is 8.27. The van der Waals surface area contributed by atoms with Gasteiger partial charge in [0.2, 0.25) is 0 Å². The van der Waals surface area contributed by atoms with Gasteiger partial charge in [-0.05, 0) is 51.1 Å². The van der Waals surface area contributed by atoms with Gasteiger partial charge in [-0.2, -0.15) is 0 Å². The quantitative estimate of drug-likeness (QED) is 0.591. The van der Waals surface area contributed by atoms with Crippen LogP contribution in [0.25, 0.3) is 22.2 Å². The van der Waals surface area contributed by atoms with Crippen LogP contribution in [0.5, 0.6) is 0 Å². The highest BCUT2D eigenvalue weighted by molar-refractivity contribution is 6.33. The molecular weight excluding hydrogens is 348 g/mol. The third kappa shape index (κ3) is 4.06. The molecule has 2 aromatic carbocycles. The summed E-state index contributed by atoms with van der Waals surface area (Å²) in [4.78, 5) is 16.7. The Hall–Kier alpha value is -2.79. The Balaban J connectivity index is 1.94. The maximum absolute atomic E-state index is 12.0. The lowest BCUT2D eigenvalue weighted by Crippen LogP contribution is -2.43. The molecule has 0 spiro atoms. The minimum Gasteiger partial charge on any atom is -0.398 e. The number of rotatable bonds is 2. The highest BCUT2D eigenvalue weighted by atomic mass is 35.5. The summed E-state index contributed by atoms with van der Waals surface area (Å²) >= 11 is 6.26. The lowest BCUT2D eigenvalue weighted by molar-refractivity contribution is 0.244.